The molecule has 26 heavy (non-hydrogen) atoms. The van der Waals surface area contributed by atoms with Crippen molar-refractivity contribution < 1.29 is 14.3 Å². The highest BCUT2D eigenvalue weighted by molar-refractivity contribution is 6.42. The van der Waals surface area contributed by atoms with Gasteiger partial charge in [-0.25, -0.2) is 0 Å². The van der Waals surface area contributed by atoms with Crippen LogP contribution in [-0.4, -0.2) is 18.5 Å². The van der Waals surface area contributed by atoms with Gasteiger partial charge in [-0.15, -0.1) is 0 Å². The van der Waals surface area contributed by atoms with E-state index < -0.39 is 5.41 Å². The van der Waals surface area contributed by atoms with Crippen molar-refractivity contribution in [2.45, 2.75) is 31.2 Å². The summed E-state index contributed by atoms with van der Waals surface area (Å²) in [7, 11) is 0. The minimum Gasteiger partial charge on any atom is -0.455 e. The average Bonchev–Trinajstić information content (AvgIpc) is 3.44. The summed E-state index contributed by atoms with van der Waals surface area (Å²) in [6.07, 6.45) is 1.49. The Morgan fingerprint density at radius 2 is 1.81 bits per heavy atom. The van der Waals surface area contributed by atoms with Crippen LogP contribution in [0.5, 0.6) is 0 Å². The van der Waals surface area contributed by atoms with Gasteiger partial charge >= 0.3 is 5.97 Å². The predicted molar refractivity (Wildman–Crippen MR) is 101 cm³/mol. The number of amides is 1. The Hall–Kier alpha value is -2.04. The monoisotopic (exact) mass is 391 g/mol. The summed E-state index contributed by atoms with van der Waals surface area (Å²) in [5, 5.41) is 3.68. The fraction of sp³-hybridized carbons (Fsp3) is 0.300. The van der Waals surface area contributed by atoms with Gasteiger partial charge in [0, 0.05) is 0 Å². The Kier molecular flexibility index (Phi) is 5.54. The molecule has 1 N–H and O–H groups in total. The molecule has 0 saturated heterocycles. The summed E-state index contributed by atoms with van der Waals surface area (Å²) < 4.78 is 5.27. The van der Waals surface area contributed by atoms with E-state index in [-0.39, 0.29) is 24.5 Å². The van der Waals surface area contributed by atoms with Gasteiger partial charge in [-0.3, -0.25) is 9.59 Å². The van der Waals surface area contributed by atoms with Gasteiger partial charge in [-0.1, -0.05) is 59.6 Å². The molecule has 4 nitrogen and oxygen atoms in total. The quantitative estimate of drug-likeness (QED) is 0.740. The fourth-order valence-electron chi connectivity index (χ4n) is 2.91. The molecule has 1 amide bonds. The Bertz CT molecular complexity index is 819. The fourth-order valence-corrected chi connectivity index (χ4v) is 3.22. The molecule has 1 atom stereocenters. The van der Waals surface area contributed by atoms with Gasteiger partial charge < -0.3 is 10.1 Å². The van der Waals surface area contributed by atoms with Crippen molar-refractivity contribution in [2.24, 2.45) is 0 Å². The maximum atomic E-state index is 12.4. The second-order valence-corrected chi connectivity index (χ2v) is 7.30. The molecule has 136 valence electrons. The van der Waals surface area contributed by atoms with Crippen molar-refractivity contribution in [1.29, 1.82) is 0 Å². The molecule has 3 rings (SSSR count). The molecular weight excluding hydrogens is 373 g/mol. The molecule has 0 spiro atoms. The van der Waals surface area contributed by atoms with Gasteiger partial charge in [-0.05, 0) is 43.0 Å². The first kappa shape index (κ1) is 18.7. The molecule has 0 radical (unpaired) electrons. The molecule has 1 aliphatic carbocycles. The van der Waals surface area contributed by atoms with Crippen LogP contribution in [-0.2, 0) is 19.7 Å². The minimum atomic E-state index is -0.586. The van der Waals surface area contributed by atoms with Crippen LogP contribution in [0.1, 0.15) is 36.9 Å². The Balaban J connectivity index is 1.54. The maximum Gasteiger partial charge on any atom is 0.317 e. The molecule has 2 aromatic rings. The van der Waals surface area contributed by atoms with E-state index in [0.717, 1.165) is 24.0 Å². The number of esters is 1. The number of halogens is 2. The van der Waals surface area contributed by atoms with Gasteiger partial charge in [-0.2, -0.15) is 0 Å². The molecule has 2 aromatic carbocycles. The second kappa shape index (κ2) is 7.68. The second-order valence-electron chi connectivity index (χ2n) is 6.49. The van der Waals surface area contributed by atoms with Crippen LogP contribution >= 0.6 is 23.2 Å². The number of rotatable bonds is 6. The third-order valence-corrected chi connectivity index (χ3v) is 5.36. The molecule has 1 saturated carbocycles. The Labute approximate surface area is 162 Å². The zero-order chi connectivity index (χ0) is 18.7. The van der Waals surface area contributed by atoms with Crippen molar-refractivity contribution in [3.63, 3.8) is 0 Å². The van der Waals surface area contributed by atoms with Crippen molar-refractivity contribution in [3.8, 4) is 0 Å². The highest BCUT2D eigenvalue weighted by Crippen LogP contribution is 2.49. The first-order valence-corrected chi connectivity index (χ1v) is 9.15. The molecule has 1 aliphatic rings. The molecule has 0 unspecified atom stereocenters. The van der Waals surface area contributed by atoms with Crippen LogP contribution < -0.4 is 5.32 Å². The lowest BCUT2D eigenvalue weighted by Gasteiger charge is -2.17. The lowest BCUT2D eigenvalue weighted by atomic mass is 9.96. The molecular formula is C20H19Cl2NO3. The van der Waals surface area contributed by atoms with E-state index in [4.69, 9.17) is 27.9 Å². The Morgan fingerprint density at radius 1 is 1.12 bits per heavy atom. The van der Waals surface area contributed by atoms with Gasteiger partial charge in [0.25, 0.3) is 5.91 Å². The van der Waals surface area contributed by atoms with Crippen LogP contribution in [0.4, 0.5) is 0 Å². The van der Waals surface area contributed by atoms with Crippen molar-refractivity contribution in [3.05, 3.63) is 69.7 Å². The number of nitrogens with one attached hydrogen (secondary N) is 1. The van der Waals surface area contributed by atoms with E-state index >= 15 is 0 Å². The summed E-state index contributed by atoms with van der Waals surface area (Å²) in [5.41, 5.74) is 1.17. The third kappa shape index (κ3) is 4.02. The number of hydrogen-bond acceptors (Lipinski definition) is 3. The van der Waals surface area contributed by atoms with Crippen molar-refractivity contribution in [2.75, 3.05) is 6.61 Å². The molecule has 6 heteroatoms. The lowest BCUT2D eigenvalue weighted by molar-refractivity contribution is -0.151. The topological polar surface area (TPSA) is 55.4 Å². The van der Waals surface area contributed by atoms with Gasteiger partial charge in [0.15, 0.2) is 6.61 Å². The molecule has 0 heterocycles. The zero-order valence-electron chi connectivity index (χ0n) is 14.3. The number of ether oxygens (including phenoxy) is 1. The van der Waals surface area contributed by atoms with E-state index in [2.05, 4.69) is 5.32 Å². The summed E-state index contributed by atoms with van der Waals surface area (Å²) in [5.74, 6) is -0.707. The lowest BCUT2D eigenvalue weighted by Crippen LogP contribution is -2.33. The van der Waals surface area contributed by atoms with E-state index in [1.807, 2.05) is 37.3 Å². The SMILES string of the molecule is C[C@@H](NC(=O)COC(=O)C1(c2ccccc2)CC1)c1ccc(Cl)c(Cl)c1. The highest BCUT2D eigenvalue weighted by Gasteiger charge is 2.52. The average molecular weight is 392 g/mol. The third-order valence-electron chi connectivity index (χ3n) is 4.62. The van der Waals surface area contributed by atoms with E-state index in [0.29, 0.717) is 10.0 Å². The van der Waals surface area contributed by atoms with Crippen molar-refractivity contribution in [1.82, 2.24) is 5.32 Å². The smallest absolute Gasteiger partial charge is 0.317 e. The van der Waals surface area contributed by atoms with Crippen molar-refractivity contribution >= 4 is 35.1 Å². The van der Waals surface area contributed by atoms with Crippen LogP contribution in [0, 0.1) is 0 Å². The summed E-state index contributed by atoms with van der Waals surface area (Å²) in [6.45, 7) is 1.52. The predicted octanol–water partition coefficient (Wildman–Crippen LogP) is 4.45. The number of hydrogen-bond donors (Lipinski definition) is 1. The summed E-state index contributed by atoms with van der Waals surface area (Å²) >= 11 is 11.9. The molecule has 0 bridgehead atoms. The van der Waals surface area contributed by atoms with Gasteiger partial charge in [0.05, 0.1) is 21.5 Å². The number of carbonyl (C=O) groups excluding carboxylic acids is 2. The standard InChI is InChI=1S/C20H19Cl2NO3/c1-13(14-7-8-16(21)17(22)11-14)23-18(24)12-26-19(25)20(9-10-20)15-5-3-2-4-6-15/h2-8,11,13H,9-10,12H2,1H3,(H,23,24)/t13-/m1/s1. The van der Waals surface area contributed by atoms with Gasteiger partial charge in [0.2, 0.25) is 0 Å². The maximum absolute atomic E-state index is 12.4. The zero-order valence-corrected chi connectivity index (χ0v) is 15.8. The largest absolute Gasteiger partial charge is 0.455 e. The first-order valence-electron chi connectivity index (χ1n) is 8.39. The number of benzene rings is 2. The first-order chi connectivity index (χ1) is 12.4. The summed E-state index contributed by atoms with van der Waals surface area (Å²) in [4.78, 5) is 24.6. The van der Waals surface area contributed by atoms with Crippen LogP contribution in [0.3, 0.4) is 0 Å². The number of carbonyl (C=O) groups is 2. The van der Waals surface area contributed by atoms with Gasteiger partial charge in [0.1, 0.15) is 0 Å². The molecule has 0 aliphatic heterocycles. The van der Waals surface area contributed by atoms with Crippen LogP contribution in [0.15, 0.2) is 48.5 Å². The normalized spacial score (nSPS) is 15.8. The summed E-state index contributed by atoms with van der Waals surface area (Å²) in [6, 6.07) is 14.4. The van der Waals surface area contributed by atoms with Crippen LogP contribution in [0.2, 0.25) is 10.0 Å². The highest BCUT2D eigenvalue weighted by atomic mass is 35.5. The molecule has 0 aromatic heterocycles. The van der Waals surface area contributed by atoms with Crippen LogP contribution in [0.25, 0.3) is 0 Å². The van der Waals surface area contributed by atoms with E-state index in [1.165, 1.54) is 0 Å². The van der Waals surface area contributed by atoms with E-state index in [1.54, 1.807) is 18.2 Å². The minimum absolute atomic E-state index is 0.278. The molecule has 1 fully saturated rings. The van der Waals surface area contributed by atoms with E-state index in [9.17, 15) is 9.59 Å². The Morgan fingerprint density at radius 3 is 2.42 bits per heavy atom.